The van der Waals surface area contributed by atoms with Crippen LogP contribution in [0.25, 0.3) is 0 Å². The van der Waals surface area contributed by atoms with Crippen molar-refractivity contribution in [3.8, 4) is 0 Å². The summed E-state index contributed by atoms with van der Waals surface area (Å²) in [5, 5.41) is 9.41. The summed E-state index contributed by atoms with van der Waals surface area (Å²) in [5.74, 6) is -0.270. The van der Waals surface area contributed by atoms with Gasteiger partial charge in [0.2, 0.25) is 5.91 Å². The van der Waals surface area contributed by atoms with Crippen molar-refractivity contribution in [2.24, 2.45) is 5.73 Å². The Morgan fingerprint density at radius 2 is 2.17 bits per heavy atom. The highest BCUT2D eigenvalue weighted by Gasteiger charge is 2.30. The first kappa shape index (κ1) is 12.4. The van der Waals surface area contributed by atoms with Gasteiger partial charge in [-0.15, -0.1) is 0 Å². The number of hydrogen-bond donors (Lipinski definition) is 4. The second-order valence-electron chi connectivity index (χ2n) is 4.50. The van der Waals surface area contributed by atoms with Crippen LogP contribution in [0.3, 0.4) is 0 Å². The van der Waals surface area contributed by atoms with Crippen LogP contribution in [0.5, 0.6) is 0 Å². The van der Waals surface area contributed by atoms with Crippen molar-refractivity contribution >= 4 is 17.5 Å². The van der Waals surface area contributed by atoms with Crippen molar-refractivity contribution in [2.45, 2.75) is 31.6 Å². The highest BCUT2D eigenvalue weighted by atomic mass is 16.2. The normalized spacial score (nSPS) is 14.4. The highest BCUT2D eigenvalue weighted by Crippen LogP contribution is 2.42. The van der Waals surface area contributed by atoms with Crippen LogP contribution < -0.4 is 16.8 Å². The Morgan fingerprint density at radius 3 is 2.78 bits per heavy atom. The highest BCUT2D eigenvalue weighted by molar-refractivity contribution is 5.97. The molecule has 1 saturated carbocycles. The molecule has 98 valence electrons. The topological polar surface area (TPSA) is 127 Å². The van der Waals surface area contributed by atoms with Crippen LogP contribution in [0, 0.1) is 0 Å². The average Bonchev–Trinajstić information content (AvgIpc) is 3.08. The van der Waals surface area contributed by atoms with Gasteiger partial charge in [0.25, 0.3) is 5.91 Å². The molecular weight excluding hydrogens is 234 g/mol. The predicted octanol–water partition coefficient (Wildman–Crippen LogP) is -0.135. The fourth-order valence-corrected chi connectivity index (χ4v) is 1.77. The molecule has 7 nitrogen and oxygen atoms in total. The maximum absolute atomic E-state index is 11.8. The molecule has 1 aromatic heterocycles. The van der Waals surface area contributed by atoms with Gasteiger partial charge in [0.05, 0.1) is 11.4 Å². The van der Waals surface area contributed by atoms with Crippen molar-refractivity contribution in [1.82, 2.24) is 15.5 Å². The Morgan fingerprint density at radius 1 is 1.44 bits per heavy atom. The van der Waals surface area contributed by atoms with Gasteiger partial charge in [0.15, 0.2) is 5.69 Å². The van der Waals surface area contributed by atoms with Crippen LogP contribution in [-0.4, -0.2) is 28.6 Å². The molecule has 0 atom stereocenters. The molecule has 2 amide bonds. The third kappa shape index (κ3) is 2.79. The minimum absolute atomic E-state index is 0.232. The number of rotatable bonds is 6. The Balaban J connectivity index is 1.86. The number of nitrogens with zero attached hydrogens (tertiary/aromatic N) is 1. The second-order valence-corrected chi connectivity index (χ2v) is 4.50. The number of H-pyrrole nitrogens is 1. The number of carbonyl (C=O) groups excluding carboxylic acids is 2. The minimum Gasteiger partial charge on any atom is -0.395 e. The number of aromatic amines is 1. The van der Waals surface area contributed by atoms with Gasteiger partial charge in [-0.1, -0.05) is 0 Å². The molecule has 0 aromatic carbocycles. The zero-order valence-electron chi connectivity index (χ0n) is 10.0. The number of nitrogens with one attached hydrogen (secondary N) is 2. The summed E-state index contributed by atoms with van der Waals surface area (Å²) in [5.41, 5.74) is 12.4. The van der Waals surface area contributed by atoms with Gasteiger partial charge in [-0.05, 0) is 19.3 Å². The first-order valence-corrected chi connectivity index (χ1v) is 6.00. The van der Waals surface area contributed by atoms with E-state index in [1.54, 1.807) is 0 Å². The molecule has 6 N–H and O–H groups in total. The molecule has 2 rings (SSSR count). The molecule has 1 aliphatic carbocycles. The molecule has 0 unspecified atom stereocenters. The van der Waals surface area contributed by atoms with E-state index in [1.807, 2.05) is 0 Å². The number of aromatic nitrogens is 2. The fourth-order valence-electron chi connectivity index (χ4n) is 1.77. The zero-order valence-corrected chi connectivity index (χ0v) is 10.0. The van der Waals surface area contributed by atoms with Crippen LogP contribution in [0.4, 0.5) is 5.69 Å². The lowest BCUT2D eigenvalue weighted by atomic mass is 10.2. The van der Waals surface area contributed by atoms with E-state index in [2.05, 4.69) is 15.5 Å². The summed E-state index contributed by atoms with van der Waals surface area (Å²) >= 11 is 0. The van der Waals surface area contributed by atoms with Crippen molar-refractivity contribution < 1.29 is 9.59 Å². The van der Waals surface area contributed by atoms with Crippen LogP contribution in [0.15, 0.2) is 0 Å². The average molecular weight is 251 g/mol. The molecular formula is C11H17N5O2. The van der Waals surface area contributed by atoms with E-state index in [0.717, 1.165) is 18.5 Å². The predicted molar refractivity (Wildman–Crippen MR) is 65.7 cm³/mol. The molecule has 0 aliphatic heterocycles. The summed E-state index contributed by atoms with van der Waals surface area (Å²) in [6, 6.07) is 0. The number of nitrogens with two attached hydrogens (primary N) is 2. The quantitative estimate of drug-likeness (QED) is 0.525. The van der Waals surface area contributed by atoms with Gasteiger partial charge in [0.1, 0.15) is 0 Å². The zero-order chi connectivity index (χ0) is 13.1. The van der Waals surface area contributed by atoms with E-state index in [1.165, 1.54) is 0 Å². The van der Waals surface area contributed by atoms with Gasteiger partial charge < -0.3 is 16.8 Å². The summed E-state index contributed by atoms with van der Waals surface area (Å²) < 4.78 is 0. The third-order valence-corrected chi connectivity index (χ3v) is 2.92. The molecule has 1 fully saturated rings. The lowest BCUT2D eigenvalue weighted by Crippen LogP contribution is -2.26. The largest absolute Gasteiger partial charge is 0.395 e. The number of anilines is 1. The molecule has 0 saturated heterocycles. The van der Waals surface area contributed by atoms with E-state index in [4.69, 9.17) is 11.5 Å². The first-order chi connectivity index (χ1) is 8.59. The van der Waals surface area contributed by atoms with E-state index in [0.29, 0.717) is 24.6 Å². The smallest absolute Gasteiger partial charge is 0.273 e. The van der Waals surface area contributed by atoms with Crippen molar-refractivity contribution in [1.29, 1.82) is 0 Å². The van der Waals surface area contributed by atoms with E-state index >= 15 is 0 Å². The van der Waals surface area contributed by atoms with Crippen molar-refractivity contribution in [3.05, 3.63) is 11.4 Å². The van der Waals surface area contributed by atoms with E-state index < -0.39 is 0 Å². The molecule has 1 heterocycles. The lowest BCUT2D eigenvalue weighted by Gasteiger charge is -2.02. The minimum atomic E-state index is -0.375. The molecule has 0 bridgehead atoms. The third-order valence-electron chi connectivity index (χ3n) is 2.92. The SMILES string of the molecule is NC(=O)CCCNC(=O)c1n[nH]c(C2CC2)c1N. The lowest BCUT2D eigenvalue weighted by molar-refractivity contribution is -0.118. The molecule has 1 aliphatic rings. The maximum atomic E-state index is 11.8. The van der Waals surface area contributed by atoms with Crippen LogP contribution in [-0.2, 0) is 4.79 Å². The van der Waals surface area contributed by atoms with Gasteiger partial charge in [-0.2, -0.15) is 5.10 Å². The number of primary amides is 1. The summed E-state index contributed by atoms with van der Waals surface area (Å²) in [7, 11) is 0. The van der Waals surface area contributed by atoms with Gasteiger partial charge in [-0.3, -0.25) is 14.7 Å². The standard InChI is InChI=1S/C11H17N5O2/c12-7(17)2-1-5-14-11(18)10-8(13)9(15-16-10)6-3-4-6/h6H,1-5,13H2,(H2,12,17)(H,14,18)(H,15,16). The Bertz CT molecular complexity index is 464. The number of amides is 2. The number of carbonyl (C=O) groups is 2. The van der Waals surface area contributed by atoms with Gasteiger partial charge >= 0.3 is 0 Å². The molecule has 18 heavy (non-hydrogen) atoms. The second kappa shape index (κ2) is 5.07. The van der Waals surface area contributed by atoms with E-state index in [-0.39, 0.29) is 23.9 Å². The number of hydrogen-bond acceptors (Lipinski definition) is 4. The fraction of sp³-hybridized carbons (Fsp3) is 0.545. The Hall–Kier alpha value is -2.05. The first-order valence-electron chi connectivity index (χ1n) is 6.00. The Labute approximate surface area is 104 Å². The number of nitrogen functional groups attached to an aromatic ring is 1. The van der Waals surface area contributed by atoms with Gasteiger partial charge in [0, 0.05) is 18.9 Å². The monoisotopic (exact) mass is 251 g/mol. The molecule has 0 spiro atoms. The summed E-state index contributed by atoms with van der Waals surface area (Å²) in [4.78, 5) is 22.3. The molecule has 7 heteroatoms. The Kier molecular flexibility index (Phi) is 3.50. The van der Waals surface area contributed by atoms with E-state index in [9.17, 15) is 9.59 Å². The van der Waals surface area contributed by atoms with Crippen LogP contribution in [0.1, 0.15) is 47.8 Å². The van der Waals surface area contributed by atoms with Crippen molar-refractivity contribution in [2.75, 3.05) is 12.3 Å². The van der Waals surface area contributed by atoms with Crippen molar-refractivity contribution in [3.63, 3.8) is 0 Å². The van der Waals surface area contributed by atoms with Crippen LogP contribution in [0.2, 0.25) is 0 Å². The summed E-state index contributed by atoms with van der Waals surface area (Å²) in [6.45, 7) is 0.382. The van der Waals surface area contributed by atoms with Gasteiger partial charge in [-0.25, -0.2) is 0 Å². The molecule has 0 radical (unpaired) electrons. The maximum Gasteiger partial charge on any atom is 0.273 e. The summed E-state index contributed by atoms with van der Waals surface area (Å²) in [6.07, 6.45) is 2.95. The van der Waals surface area contributed by atoms with Crippen LogP contribution >= 0.6 is 0 Å². The molecule has 1 aromatic rings.